The SMILES string of the molecule is CC(=O)NCC1CCN(Cc2cc(Oc3ccc(N4CC[N+](C)(C)CC4)nc3)nc(-c3cc(Cl)cc(Cl)c3)c2)CC1. The average Bonchev–Trinajstić information content (AvgIpc) is 2.92. The number of hydrogen-bond donors (Lipinski definition) is 1. The number of pyridine rings is 2. The lowest BCUT2D eigenvalue weighted by molar-refractivity contribution is -0.890. The summed E-state index contributed by atoms with van der Waals surface area (Å²) in [5.74, 6) is 2.66. The van der Waals surface area contributed by atoms with Gasteiger partial charge in [-0.15, -0.1) is 0 Å². The molecule has 2 aliphatic rings. The maximum atomic E-state index is 11.3. The first kappa shape index (κ1) is 29.6. The van der Waals surface area contributed by atoms with Gasteiger partial charge in [0.2, 0.25) is 11.8 Å². The predicted octanol–water partition coefficient (Wildman–Crippen LogP) is 5.49. The van der Waals surface area contributed by atoms with Crippen LogP contribution >= 0.6 is 23.2 Å². The third kappa shape index (κ3) is 8.32. The Balaban J connectivity index is 1.32. The number of aromatic nitrogens is 2. The molecule has 0 spiro atoms. The molecule has 0 saturated carbocycles. The lowest BCUT2D eigenvalue weighted by atomic mass is 9.96. The standard InChI is InChI=1S/C31H38Cl2N6O2/c1-22(40)34-19-23-6-8-37(9-7-23)21-24-14-29(25-16-26(32)18-27(33)17-25)36-31(15-24)41-28-4-5-30(35-20-28)38-10-12-39(2,3)13-11-38/h4-5,14-18,20,23H,6-13,19,21H2,1-3H3/p+1. The molecule has 0 atom stereocenters. The number of piperazine rings is 1. The number of amides is 1. The van der Waals surface area contributed by atoms with Crippen molar-refractivity contribution in [2.75, 3.05) is 64.8 Å². The fourth-order valence-corrected chi connectivity index (χ4v) is 5.95. The van der Waals surface area contributed by atoms with Crippen LogP contribution in [0, 0.1) is 5.92 Å². The highest BCUT2D eigenvalue weighted by Gasteiger charge is 2.25. The maximum Gasteiger partial charge on any atom is 0.220 e. The Bertz CT molecular complexity index is 1330. The molecular weight excluding hydrogens is 559 g/mol. The number of benzene rings is 1. The molecule has 8 nitrogen and oxygen atoms in total. The van der Waals surface area contributed by atoms with E-state index in [1.165, 1.54) is 0 Å². The molecule has 2 saturated heterocycles. The van der Waals surface area contributed by atoms with Crippen LogP contribution in [0.4, 0.5) is 5.82 Å². The number of hydrogen-bond acceptors (Lipinski definition) is 6. The second kappa shape index (κ2) is 12.9. The van der Waals surface area contributed by atoms with Crippen molar-refractivity contribution in [1.29, 1.82) is 0 Å². The van der Waals surface area contributed by atoms with Gasteiger partial charge in [0.15, 0.2) is 0 Å². The van der Waals surface area contributed by atoms with E-state index in [-0.39, 0.29) is 5.91 Å². The molecule has 1 amide bonds. The molecule has 218 valence electrons. The van der Waals surface area contributed by atoms with Crippen LogP contribution in [-0.4, -0.2) is 85.2 Å². The monoisotopic (exact) mass is 597 g/mol. The molecular formula is C31H39Cl2N6O2+. The van der Waals surface area contributed by atoms with E-state index in [2.05, 4.69) is 35.3 Å². The van der Waals surface area contributed by atoms with Gasteiger partial charge >= 0.3 is 0 Å². The number of quaternary nitrogens is 1. The number of halogens is 2. The summed E-state index contributed by atoms with van der Waals surface area (Å²) >= 11 is 12.7. The van der Waals surface area contributed by atoms with Crippen molar-refractivity contribution in [2.45, 2.75) is 26.3 Å². The van der Waals surface area contributed by atoms with Crippen molar-refractivity contribution >= 4 is 34.9 Å². The van der Waals surface area contributed by atoms with Gasteiger partial charge in [-0.1, -0.05) is 23.2 Å². The van der Waals surface area contributed by atoms with E-state index in [0.29, 0.717) is 27.6 Å². The molecule has 0 radical (unpaired) electrons. The average molecular weight is 599 g/mol. The Labute approximate surface area is 252 Å². The lowest BCUT2D eigenvalue weighted by Gasteiger charge is -2.39. The van der Waals surface area contributed by atoms with E-state index in [1.807, 2.05) is 30.3 Å². The van der Waals surface area contributed by atoms with Crippen molar-refractivity contribution in [2.24, 2.45) is 5.92 Å². The molecule has 0 unspecified atom stereocenters. The van der Waals surface area contributed by atoms with Crippen LogP contribution in [0.5, 0.6) is 11.6 Å². The van der Waals surface area contributed by atoms with Gasteiger partial charge in [0.1, 0.15) is 11.6 Å². The smallest absolute Gasteiger partial charge is 0.220 e. The first-order valence-corrected chi connectivity index (χ1v) is 15.0. The number of ether oxygens (including phenoxy) is 1. The predicted molar refractivity (Wildman–Crippen MR) is 165 cm³/mol. The highest BCUT2D eigenvalue weighted by molar-refractivity contribution is 6.35. The van der Waals surface area contributed by atoms with E-state index in [9.17, 15) is 4.79 Å². The van der Waals surface area contributed by atoms with Gasteiger partial charge in [-0.2, -0.15) is 0 Å². The number of carbonyl (C=O) groups excluding carboxylic acids is 1. The minimum atomic E-state index is 0.0325. The van der Waals surface area contributed by atoms with Crippen molar-refractivity contribution in [3.05, 3.63) is 64.3 Å². The second-order valence-corrected chi connectivity index (χ2v) is 12.7. The first-order valence-electron chi connectivity index (χ1n) is 14.3. The van der Waals surface area contributed by atoms with Crippen LogP contribution in [-0.2, 0) is 11.3 Å². The zero-order valence-electron chi connectivity index (χ0n) is 24.1. The Morgan fingerprint density at radius 2 is 1.73 bits per heavy atom. The highest BCUT2D eigenvalue weighted by atomic mass is 35.5. The zero-order chi connectivity index (χ0) is 29.0. The molecule has 2 fully saturated rings. The van der Waals surface area contributed by atoms with Crippen LogP contribution in [0.25, 0.3) is 11.3 Å². The molecule has 2 aliphatic heterocycles. The number of anilines is 1. The van der Waals surface area contributed by atoms with Crippen molar-refractivity contribution < 1.29 is 14.0 Å². The fraction of sp³-hybridized carbons (Fsp3) is 0.452. The number of likely N-dealkylation sites (N-methyl/N-ethyl adjacent to an activating group) is 1. The Hall–Kier alpha value is -2.91. The molecule has 3 aromatic rings. The van der Waals surface area contributed by atoms with Gasteiger partial charge in [0.05, 0.1) is 52.2 Å². The van der Waals surface area contributed by atoms with E-state index < -0.39 is 0 Å². The number of rotatable bonds is 8. The van der Waals surface area contributed by atoms with E-state index in [0.717, 1.165) is 92.3 Å². The number of nitrogens with zero attached hydrogens (tertiary/aromatic N) is 5. The van der Waals surface area contributed by atoms with Gasteiger partial charge in [-0.3, -0.25) is 9.69 Å². The summed E-state index contributed by atoms with van der Waals surface area (Å²) in [6, 6.07) is 13.5. The Morgan fingerprint density at radius 3 is 2.37 bits per heavy atom. The molecule has 2 aromatic heterocycles. The third-order valence-corrected chi connectivity index (χ3v) is 8.43. The minimum Gasteiger partial charge on any atom is -0.437 e. The van der Waals surface area contributed by atoms with Gasteiger partial charge in [-0.05, 0) is 73.8 Å². The molecule has 10 heteroatoms. The van der Waals surface area contributed by atoms with E-state index in [4.69, 9.17) is 37.9 Å². The van der Waals surface area contributed by atoms with Crippen LogP contribution in [0.2, 0.25) is 10.0 Å². The van der Waals surface area contributed by atoms with Gasteiger partial charge in [-0.25, -0.2) is 9.97 Å². The number of piperidine rings is 1. The molecule has 5 rings (SSSR count). The molecule has 1 aromatic carbocycles. The Kier molecular flexibility index (Phi) is 9.34. The second-order valence-electron chi connectivity index (χ2n) is 11.8. The van der Waals surface area contributed by atoms with E-state index in [1.54, 1.807) is 19.2 Å². The van der Waals surface area contributed by atoms with Crippen molar-refractivity contribution in [3.8, 4) is 22.9 Å². The third-order valence-electron chi connectivity index (χ3n) is 7.99. The summed E-state index contributed by atoms with van der Waals surface area (Å²) in [5, 5.41) is 4.07. The largest absolute Gasteiger partial charge is 0.437 e. The summed E-state index contributed by atoms with van der Waals surface area (Å²) in [5.41, 5.74) is 2.68. The van der Waals surface area contributed by atoms with Crippen molar-refractivity contribution in [1.82, 2.24) is 20.2 Å². The van der Waals surface area contributed by atoms with Crippen LogP contribution in [0.3, 0.4) is 0 Å². The van der Waals surface area contributed by atoms with Crippen molar-refractivity contribution in [3.63, 3.8) is 0 Å². The van der Waals surface area contributed by atoms with Crippen LogP contribution in [0.15, 0.2) is 48.7 Å². The lowest BCUT2D eigenvalue weighted by Crippen LogP contribution is -2.55. The topological polar surface area (TPSA) is 70.6 Å². The molecule has 0 bridgehead atoms. The molecule has 41 heavy (non-hydrogen) atoms. The summed E-state index contributed by atoms with van der Waals surface area (Å²) in [4.78, 5) is 25.6. The summed E-state index contributed by atoms with van der Waals surface area (Å²) in [7, 11) is 4.54. The van der Waals surface area contributed by atoms with Gasteiger partial charge < -0.3 is 19.4 Å². The minimum absolute atomic E-state index is 0.0325. The molecule has 0 aliphatic carbocycles. The summed E-state index contributed by atoms with van der Waals surface area (Å²) < 4.78 is 7.29. The van der Waals surface area contributed by atoms with Crippen LogP contribution < -0.4 is 15.0 Å². The van der Waals surface area contributed by atoms with Crippen LogP contribution in [0.1, 0.15) is 25.3 Å². The number of nitrogens with one attached hydrogen (secondary N) is 1. The number of carbonyl (C=O) groups is 1. The maximum absolute atomic E-state index is 11.3. The van der Waals surface area contributed by atoms with Gasteiger partial charge in [0.25, 0.3) is 0 Å². The number of likely N-dealkylation sites (tertiary alicyclic amines) is 1. The molecule has 4 heterocycles. The first-order chi connectivity index (χ1) is 19.6. The quantitative estimate of drug-likeness (QED) is 0.346. The highest BCUT2D eigenvalue weighted by Crippen LogP contribution is 2.31. The summed E-state index contributed by atoms with van der Waals surface area (Å²) in [6.45, 7) is 9.20. The Morgan fingerprint density at radius 1 is 1.02 bits per heavy atom. The molecule has 1 N–H and O–H groups in total. The fourth-order valence-electron chi connectivity index (χ4n) is 5.42. The zero-order valence-corrected chi connectivity index (χ0v) is 25.6. The summed E-state index contributed by atoms with van der Waals surface area (Å²) in [6.07, 6.45) is 3.88. The van der Waals surface area contributed by atoms with E-state index >= 15 is 0 Å². The normalized spacial score (nSPS) is 17.8. The van der Waals surface area contributed by atoms with Gasteiger partial charge in [0, 0.05) is 41.7 Å².